The molecule has 0 aromatic heterocycles. The molecule has 0 heterocycles. The first-order valence-corrected chi connectivity index (χ1v) is 7.90. The number of halogens is 2. The molecule has 2 nitrogen and oxygen atoms in total. The van der Waals surface area contributed by atoms with Crippen LogP contribution in [-0.2, 0) is 6.54 Å². The highest BCUT2D eigenvalue weighted by molar-refractivity contribution is 9.10. The number of thioether (sulfide) groups is 1. The van der Waals surface area contributed by atoms with E-state index in [4.69, 9.17) is 16.7 Å². The van der Waals surface area contributed by atoms with Crippen LogP contribution in [0.25, 0.3) is 0 Å². The zero-order valence-electron chi connectivity index (χ0n) is 9.59. The summed E-state index contributed by atoms with van der Waals surface area (Å²) in [6.07, 6.45) is 0.879. The first-order chi connectivity index (χ1) is 8.24. The van der Waals surface area contributed by atoms with E-state index in [1.54, 1.807) is 0 Å². The number of rotatable bonds is 8. The minimum Gasteiger partial charge on any atom is -0.396 e. The van der Waals surface area contributed by atoms with Gasteiger partial charge in [0.2, 0.25) is 0 Å². The molecule has 5 heteroatoms. The molecule has 2 N–H and O–H groups in total. The molecule has 1 rings (SSSR count). The zero-order chi connectivity index (χ0) is 12.5. The molecule has 1 aromatic carbocycles. The van der Waals surface area contributed by atoms with E-state index in [0.717, 1.165) is 40.5 Å². The lowest BCUT2D eigenvalue weighted by Gasteiger charge is -2.07. The lowest BCUT2D eigenvalue weighted by molar-refractivity contribution is 0.296. The average molecular weight is 339 g/mol. The van der Waals surface area contributed by atoms with Crippen LogP contribution in [0.3, 0.4) is 0 Å². The van der Waals surface area contributed by atoms with Gasteiger partial charge < -0.3 is 10.4 Å². The minimum absolute atomic E-state index is 0.288. The van der Waals surface area contributed by atoms with Crippen LogP contribution in [-0.4, -0.2) is 29.8 Å². The number of benzene rings is 1. The molecule has 0 saturated carbocycles. The first kappa shape index (κ1) is 15.3. The summed E-state index contributed by atoms with van der Waals surface area (Å²) in [4.78, 5) is 0. The van der Waals surface area contributed by atoms with Crippen LogP contribution in [0, 0.1) is 0 Å². The van der Waals surface area contributed by atoms with Gasteiger partial charge >= 0.3 is 0 Å². The van der Waals surface area contributed by atoms with Gasteiger partial charge in [-0.05, 0) is 35.9 Å². The first-order valence-electron chi connectivity index (χ1n) is 5.57. The van der Waals surface area contributed by atoms with Crippen LogP contribution in [0.2, 0.25) is 5.02 Å². The molecule has 0 saturated heterocycles. The summed E-state index contributed by atoms with van der Waals surface area (Å²) in [7, 11) is 0. The molecule has 17 heavy (non-hydrogen) atoms. The second-order valence-electron chi connectivity index (χ2n) is 3.60. The van der Waals surface area contributed by atoms with Crippen molar-refractivity contribution in [3.8, 4) is 0 Å². The van der Waals surface area contributed by atoms with Crippen LogP contribution >= 0.6 is 39.3 Å². The van der Waals surface area contributed by atoms with Gasteiger partial charge in [-0.15, -0.1) is 0 Å². The Balaban J connectivity index is 2.15. The summed E-state index contributed by atoms with van der Waals surface area (Å²) in [6.45, 7) is 2.08. The molecule has 96 valence electrons. The molecule has 0 amide bonds. The second kappa shape index (κ2) is 9.22. The van der Waals surface area contributed by atoms with Gasteiger partial charge in [-0.3, -0.25) is 0 Å². The molecular weight excluding hydrogens is 322 g/mol. The van der Waals surface area contributed by atoms with Gasteiger partial charge in [-0.25, -0.2) is 0 Å². The van der Waals surface area contributed by atoms with Crippen molar-refractivity contribution in [2.45, 2.75) is 13.0 Å². The highest BCUT2D eigenvalue weighted by atomic mass is 79.9. The van der Waals surface area contributed by atoms with E-state index in [0.29, 0.717) is 0 Å². The Morgan fingerprint density at radius 2 is 2.18 bits per heavy atom. The highest BCUT2D eigenvalue weighted by Gasteiger charge is 2.00. The Bertz CT molecular complexity index is 338. The van der Waals surface area contributed by atoms with E-state index in [2.05, 4.69) is 21.2 Å². The van der Waals surface area contributed by atoms with Crippen molar-refractivity contribution in [1.82, 2.24) is 5.32 Å². The van der Waals surface area contributed by atoms with E-state index in [-0.39, 0.29) is 6.61 Å². The van der Waals surface area contributed by atoms with Gasteiger partial charge in [-0.2, -0.15) is 11.8 Å². The summed E-state index contributed by atoms with van der Waals surface area (Å²) >= 11 is 11.3. The van der Waals surface area contributed by atoms with Gasteiger partial charge in [0.1, 0.15) is 0 Å². The fourth-order valence-corrected chi connectivity index (χ4v) is 2.72. The molecule has 0 aliphatic heterocycles. The number of hydrogen-bond donors (Lipinski definition) is 2. The Morgan fingerprint density at radius 1 is 1.35 bits per heavy atom. The van der Waals surface area contributed by atoms with Crippen molar-refractivity contribution in [1.29, 1.82) is 0 Å². The van der Waals surface area contributed by atoms with Gasteiger partial charge in [-0.1, -0.05) is 27.5 Å². The fraction of sp³-hybridized carbons (Fsp3) is 0.500. The Labute approximate surface area is 120 Å². The van der Waals surface area contributed by atoms with E-state index >= 15 is 0 Å². The van der Waals surface area contributed by atoms with Crippen molar-refractivity contribution in [3.63, 3.8) is 0 Å². The maximum absolute atomic E-state index is 8.63. The molecule has 1 aromatic rings. The van der Waals surface area contributed by atoms with Crippen LogP contribution in [0.4, 0.5) is 0 Å². The molecule has 0 atom stereocenters. The molecular formula is C12H17BrClNOS. The average Bonchev–Trinajstić information content (AvgIpc) is 2.32. The maximum atomic E-state index is 8.63. The second-order valence-corrected chi connectivity index (χ2v) is 6.12. The normalized spacial score (nSPS) is 10.8. The molecule has 0 fully saturated rings. The summed E-state index contributed by atoms with van der Waals surface area (Å²) < 4.78 is 1.09. The molecule has 0 unspecified atom stereocenters. The highest BCUT2D eigenvalue weighted by Crippen LogP contribution is 2.20. The Morgan fingerprint density at radius 3 is 2.94 bits per heavy atom. The molecule has 0 aliphatic carbocycles. The van der Waals surface area contributed by atoms with Gasteiger partial charge in [0.25, 0.3) is 0 Å². The predicted molar refractivity (Wildman–Crippen MR) is 79.9 cm³/mol. The predicted octanol–water partition coefficient (Wildman–Crippen LogP) is 3.31. The van der Waals surface area contributed by atoms with Crippen molar-refractivity contribution in [2.24, 2.45) is 0 Å². The summed E-state index contributed by atoms with van der Waals surface area (Å²) in [5, 5.41) is 12.8. The van der Waals surface area contributed by atoms with Crippen molar-refractivity contribution in [2.75, 3.05) is 24.7 Å². The molecule has 0 bridgehead atoms. The maximum Gasteiger partial charge on any atom is 0.0438 e. The minimum atomic E-state index is 0.288. The lowest BCUT2D eigenvalue weighted by Crippen LogP contribution is -2.17. The van der Waals surface area contributed by atoms with E-state index in [9.17, 15) is 0 Å². The molecule has 0 spiro atoms. The standard InChI is InChI=1S/C12H17BrClNOS/c13-12-3-2-11(14)8-10(12)9-15-4-7-17-6-1-5-16/h2-3,8,15-16H,1,4-7,9H2. The van der Waals surface area contributed by atoms with Gasteiger partial charge in [0.05, 0.1) is 0 Å². The van der Waals surface area contributed by atoms with E-state index in [1.165, 1.54) is 5.56 Å². The largest absolute Gasteiger partial charge is 0.396 e. The van der Waals surface area contributed by atoms with Crippen LogP contribution in [0.15, 0.2) is 22.7 Å². The van der Waals surface area contributed by atoms with Gasteiger partial charge in [0.15, 0.2) is 0 Å². The van der Waals surface area contributed by atoms with Crippen LogP contribution < -0.4 is 5.32 Å². The quantitative estimate of drug-likeness (QED) is 0.713. The Kier molecular flexibility index (Phi) is 8.31. The third-order valence-electron chi connectivity index (χ3n) is 2.19. The SMILES string of the molecule is OCCCSCCNCc1cc(Cl)ccc1Br. The Hall–Kier alpha value is 0.260. The topological polar surface area (TPSA) is 32.3 Å². The number of aliphatic hydroxyl groups is 1. The zero-order valence-corrected chi connectivity index (χ0v) is 12.7. The van der Waals surface area contributed by atoms with Crippen molar-refractivity contribution >= 4 is 39.3 Å². The fourth-order valence-electron chi connectivity index (χ4n) is 1.31. The monoisotopic (exact) mass is 337 g/mol. The molecule has 0 radical (unpaired) electrons. The van der Waals surface area contributed by atoms with Crippen molar-refractivity contribution < 1.29 is 5.11 Å². The summed E-state index contributed by atoms with van der Waals surface area (Å²) in [5.41, 5.74) is 1.18. The van der Waals surface area contributed by atoms with Crippen molar-refractivity contribution in [3.05, 3.63) is 33.3 Å². The number of hydrogen-bond acceptors (Lipinski definition) is 3. The van der Waals surface area contributed by atoms with Crippen LogP contribution in [0.5, 0.6) is 0 Å². The summed E-state index contributed by atoms with van der Waals surface area (Å²) in [6, 6.07) is 5.81. The van der Waals surface area contributed by atoms with Gasteiger partial charge in [0, 0.05) is 34.9 Å². The molecule has 0 aliphatic rings. The number of nitrogens with one attached hydrogen (secondary N) is 1. The van der Waals surface area contributed by atoms with E-state index in [1.807, 2.05) is 30.0 Å². The smallest absolute Gasteiger partial charge is 0.0438 e. The summed E-state index contributed by atoms with van der Waals surface area (Å²) in [5.74, 6) is 2.09. The number of aliphatic hydroxyl groups excluding tert-OH is 1. The third-order valence-corrected chi connectivity index (χ3v) is 4.27. The van der Waals surface area contributed by atoms with E-state index < -0.39 is 0 Å². The van der Waals surface area contributed by atoms with Crippen LogP contribution in [0.1, 0.15) is 12.0 Å². The lowest BCUT2D eigenvalue weighted by atomic mass is 10.2. The third kappa shape index (κ3) is 6.67.